The number of hydrogen-bond donors (Lipinski definition) is 2. The Labute approximate surface area is 115 Å². The summed E-state index contributed by atoms with van der Waals surface area (Å²) in [5.74, 6) is 0. The van der Waals surface area contributed by atoms with Crippen molar-refractivity contribution in [2.45, 2.75) is 26.3 Å². The second-order valence-corrected chi connectivity index (χ2v) is 5.82. The molecule has 0 saturated carbocycles. The second-order valence-electron chi connectivity index (χ2n) is 4.57. The third-order valence-corrected chi connectivity index (χ3v) is 2.55. The van der Waals surface area contributed by atoms with Gasteiger partial charge in [-0.05, 0) is 32.9 Å². The number of nitrogens with one attached hydrogen (secondary N) is 2. The SMILES string of the molecule is CC(C)(C)NC(=O)Nc1c(Cl)cc(Cl)cc1Cl. The maximum absolute atomic E-state index is 11.6. The lowest BCUT2D eigenvalue weighted by atomic mass is 10.1. The van der Waals surface area contributed by atoms with Gasteiger partial charge in [-0.1, -0.05) is 34.8 Å². The highest BCUT2D eigenvalue weighted by molar-refractivity contribution is 6.42. The van der Waals surface area contributed by atoms with Crippen LogP contribution in [0.4, 0.5) is 10.5 Å². The summed E-state index contributed by atoms with van der Waals surface area (Å²) in [5.41, 5.74) is 0.00891. The van der Waals surface area contributed by atoms with Gasteiger partial charge in [-0.25, -0.2) is 4.79 Å². The molecule has 2 N–H and O–H groups in total. The normalized spacial score (nSPS) is 11.2. The minimum absolute atomic E-state index is 0.298. The molecule has 0 radical (unpaired) electrons. The number of halogens is 3. The number of benzene rings is 1. The zero-order valence-corrected chi connectivity index (χ0v) is 12.0. The summed E-state index contributed by atoms with van der Waals surface area (Å²) in [6.45, 7) is 5.62. The van der Waals surface area contributed by atoms with Gasteiger partial charge < -0.3 is 10.6 Å². The fourth-order valence-electron chi connectivity index (χ4n) is 1.15. The maximum atomic E-state index is 11.6. The Morgan fingerprint density at radius 2 is 1.59 bits per heavy atom. The van der Waals surface area contributed by atoms with E-state index in [9.17, 15) is 4.79 Å². The van der Waals surface area contributed by atoms with Crippen LogP contribution in [0.5, 0.6) is 0 Å². The van der Waals surface area contributed by atoms with Gasteiger partial charge in [0.15, 0.2) is 0 Å². The first kappa shape index (κ1) is 14.4. The van der Waals surface area contributed by atoms with Crippen molar-refractivity contribution in [1.82, 2.24) is 5.32 Å². The average Bonchev–Trinajstić information content (AvgIpc) is 2.08. The fourth-order valence-corrected chi connectivity index (χ4v) is 2.06. The van der Waals surface area contributed by atoms with Gasteiger partial charge in [-0.2, -0.15) is 0 Å². The molecule has 0 unspecified atom stereocenters. The molecule has 0 aliphatic heterocycles. The van der Waals surface area contributed by atoms with E-state index in [-0.39, 0.29) is 11.6 Å². The zero-order valence-electron chi connectivity index (χ0n) is 9.70. The van der Waals surface area contributed by atoms with Crippen LogP contribution in [0.3, 0.4) is 0 Å². The minimum Gasteiger partial charge on any atom is -0.333 e. The predicted octanol–water partition coefficient (Wildman–Crippen LogP) is 4.57. The summed E-state index contributed by atoms with van der Waals surface area (Å²) in [4.78, 5) is 11.6. The molecule has 0 aliphatic rings. The average molecular weight is 296 g/mol. The lowest BCUT2D eigenvalue weighted by Crippen LogP contribution is -2.43. The number of amides is 2. The number of rotatable bonds is 1. The molecule has 1 aromatic carbocycles. The molecule has 2 amide bonds. The van der Waals surface area contributed by atoms with Gasteiger partial charge in [0.05, 0.1) is 15.7 Å². The molecule has 0 heterocycles. The van der Waals surface area contributed by atoms with Crippen LogP contribution in [0.1, 0.15) is 20.8 Å². The summed E-state index contributed by atoms with van der Waals surface area (Å²) in [6.07, 6.45) is 0. The standard InChI is InChI=1S/C11H13Cl3N2O/c1-11(2,3)16-10(17)15-9-7(13)4-6(12)5-8(9)14/h4-5H,1-3H3,(H2,15,16,17). The van der Waals surface area contributed by atoms with Gasteiger partial charge in [0.25, 0.3) is 0 Å². The van der Waals surface area contributed by atoms with Crippen molar-refractivity contribution in [2.75, 3.05) is 5.32 Å². The Morgan fingerprint density at radius 3 is 2.00 bits per heavy atom. The minimum atomic E-state index is -0.372. The highest BCUT2D eigenvalue weighted by atomic mass is 35.5. The van der Waals surface area contributed by atoms with Crippen molar-refractivity contribution in [2.24, 2.45) is 0 Å². The van der Waals surface area contributed by atoms with Crippen LogP contribution < -0.4 is 10.6 Å². The van der Waals surface area contributed by atoms with Gasteiger partial charge in [-0.3, -0.25) is 0 Å². The molecule has 1 rings (SSSR count). The molecule has 0 aliphatic carbocycles. The molecule has 0 saturated heterocycles. The van der Waals surface area contributed by atoms with Gasteiger partial charge in [0, 0.05) is 10.6 Å². The van der Waals surface area contributed by atoms with E-state index in [0.717, 1.165) is 0 Å². The van der Waals surface area contributed by atoms with Crippen LogP contribution in [0.25, 0.3) is 0 Å². The zero-order chi connectivity index (χ0) is 13.2. The van der Waals surface area contributed by atoms with E-state index in [1.807, 2.05) is 20.8 Å². The van der Waals surface area contributed by atoms with E-state index in [4.69, 9.17) is 34.8 Å². The van der Waals surface area contributed by atoms with E-state index in [1.165, 1.54) is 12.1 Å². The lowest BCUT2D eigenvalue weighted by Gasteiger charge is -2.21. The Hall–Kier alpha value is -0.640. The quantitative estimate of drug-likeness (QED) is 0.783. The van der Waals surface area contributed by atoms with Gasteiger partial charge in [-0.15, -0.1) is 0 Å². The van der Waals surface area contributed by atoms with E-state index in [1.54, 1.807) is 0 Å². The largest absolute Gasteiger partial charge is 0.333 e. The van der Waals surface area contributed by atoms with Crippen molar-refractivity contribution < 1.29 is 4.79 Å². The fraction of sp³-hybridized carbons (Fsp3) is 0.364. The molecule has 3 nitrogen and oxygen atoms in total. The highest BCUT2D eigenvalue weighted by Crippen LogP contribution is 2.33. The van der Waals surface area contributed by atoms with E-state index in [2.05, 4.69) is 10.6 Å². The third kappa shape index (κ3) is 4.62. The van der Waals surface area contributed by atoms with E-state index >= 15 is 0 Å². The number of anilines is 1. The predicted molar refractivity (Wildman–Crippen MR) is 73.4 cm³/mol. The Kier molecular flexibility index (Phi) is 4.53. The van der Waals surface area contributed by atoms with Crippen molar-refractivity contribution in [3.8, 4) is 0 Å². The first-order valence-electron chi connectivity index (χ1n) is 4.93. The number of carbonyl (C=O) groups is 1. The van der Waals surface area contributed by atoms with Crippen LogP contribution in [0.15, 0.2) is 12.1 Å². The van der Waals surface area contributed by atoms with Gasteiger partial charge in [0.1, 0.15) is 0 Å². The molecular weight excluding hydrogens is 282 g/mol. The van der Waals surface area contributed by atoms with Crippen LogP contribution in [0, 0.1) is 0 Å². The smallest absolute Gasteiger partial charge is 0.319 e. The third-order valence-electron chi connectivity index (χ3n) is 1.73. The summed E-state index contributed by atoms with van der Waals surface area (Å²) < 4.78 is 0. The van der Waals surface area contributed by atoms with Crippen molar-refractivity contribution in [3.05, 3.63) is 27.2 Å². The summed E-state index contributed by atoms with van der Waals surface area (Å²) in [5, 5.41) is 6.34. The summed E-state index contributed by atoms with van der Waals surface area (Å²) in [6, 6.07) is 2.66. The van der Waals surface area contributed by atoms with Crippen LogP contribution >= 0.6 is 34.8 Å². The van der Waals surface area contributed by atoms with Crippen LogP contribution in [0.2, 0.25) is 15.1 Å². The Bertz CT molecular complexity index is 418. The van der Waals surface area contributed by atoms with Crippen LogP contribution in [-0.4, -0.2) is 11.6 Å². The molecule has 0 atom stereocenters. The first-order valence-corrected chi connectivity index (χ1v) is 6.06. The van der Waals surface area contributed by atoms with Gasteiger partial charge in [0.2, 0.25) is 0 Å². The molecule has 6 heteroatoms. The lowest BCUT2D eigenvalue weighted by molar-refractivity contribution is 0.244. The monoisotopic (exact) mass is 294 g/mol. The first-order chi connectivity index (χ1) is 7.69. The van der Waals surface area contributed by atoms with Gasteiger partial charge >= 0.3 is 6.03 Å². The molecule has 94 valence electrons. The van der Waals surface area contributed by atoms with Crippen LogP contribution in [-0.2, 0) is 0 Å². The van der Waals surface area contributed by atoms with E-state index in [0.29, 0.717) is 20.8 Å². The topological polar surface area (TPSA) is 41.1 Å². The Morgan fingerprint density at radius 1 is 1.12 bits per heavy atom. The summed E-state index contributed by atoms with van der Waals surface area (Å²) >= 11 is 17.6. The Balaban J connectivity index is 2.86. The number of urea groups is 1. The molecule has 0 aromatic heterocycles. The maximum Gasteiger partial charge on any atom is 0.319 e. The second kappa shape index (κ2) is 5.34. The molecule has 0 fully saturated rings. The molecule has 17 heavy (non-hydrogen) atoms. The van der Waals surface area contributed by atoms with Crippen molar-refractivity contribution >= 4 is 46.5 Å². The molecule has 1 aromatic rings. The molecule has 0 spiro atoms. The number of hydrogen-bond acceptors (Lipinski definition) is 1. The summed E-state index contributed by atoms with van der Waals surface area (Å²) in [7, 11) is 0. The molecule has 0 bridgehead atoms. The number of carbonyl (C=O) groups excluding carboxylic acids is 1. The molecular formula is C11H13Cl3N2O. The van der Waals surface area contributed by atoms with Crippen molar-refractivity contribution in [1.29, 1.82) is 0 Å². The highest BCUT2D eigenvalue weighted by Gasteiger charge is 2.16. The van der Waals surface area contributed by atoms with E-state index < -0.39 is 0 Å². The van der Waals surface area contributed by atoms with Crippen molar-refractivity contribution in [3.63, 3.8) is 0 Å².